The Hall–Kier alpha value is -2.43. The summed E-state index contributed by atoms with van der Waals surface area (Å²) in [6.45, 7) is 0. The summed E-state index contributed by atoms with van der Waals surface area (Å²) in [4.78, 5) is 41.3. The average molecular weight is 392 g/mol. The second-order valence-electron chi connectivity index (χ2n) is 9.10. The monoisotopic (exact) mass is 392 g/mol. The molecule has 152 valence electrons. The lowest BCUT2D eigenvalue weighted by molar-refractivity contribution is -0.148. The Balaban J connectivity index is 1.41. The van der Waals surface area contributed by atoms with Gasteiger partial charge < -0.3 is 5.32 Å². The Morgan fingerprint density at radius 2 is 1.59 bits per heavy atom. The van der Waals surface area contributed by atoms with E-state index in [1.54, 1.807) is 0 Å². The molecule has 5 atom stereocenters. The molecule has 1 N–H and O–H groups in total. The van der Waals surface area contributed by atoms with Gasteiger partial charge in [-0.05, 0) is 36.7 Å². The molecular formula is C24H28N2O3. The molecule has 3 amide bonds. The Morgan fingerprint density at radius 1 is 0.966 bits per heavy atom. The van der Waals surface area contributed by atoms with Crippen LogP contribution >= 0.6 is 0 Å². The third kappa shape index (κ3) is 3.21. The maximum absolute atomic E-state index is 13.3. The first kappa shape index (κ1) is 18.6. The molecule has 3 aliphatic carbocycles. The molecule has 1 heterocycles. The lowest BCUT2D eigenvalue weighted by Gasteiger charge is -2.30. The van der Waals surface area contributed by atoms with Gasteiger partial charge in [-0.2, -0.15) is 0 Å². The third-order valence-electron chi connectivity index (χ3n) is 7.34. The van der Waals surface area contributed by atoms with Crippen LogP contribution in [-0.4, -0.2) is 34.7 Å². The van der Waals surface area contributed by atoms with Crippen LogP contribution in [0.2, 0.25) is 0 Å². The van der Waals surface area contributed by atoms with E-state index in [-0.39, 0.29) is 47.4 Å². The van der Waals surface area contributed by atoms with Crippen LogP contribution in [0.5, 0.6) is 0 Å². The van der Waals surface area contributed by atoms with Crippen molar-refractivity contribution in [3.63, 3.8) is 0 Å². The van der Waals surface area contributed by atoms with Crippen LogP contribution in [0.1, 0.15) is 44.1 Å². The molecule has 4 aliphatic rings. The molecule has 0 unspecified atom stereocenters. The summed E-state index contributed by atoms with van der Waals surface area (Å²) in [5.74, 6) is -0.678. The molecule has 1 saturated heterocycles. The molecule has 29 heavy (non-hydrogen) atoms. The van der Waals surface area contributed by atoms with E-state index in [0.29, 0.717) is 6.42 Å². The standard InChI is InChI=1S/C24H28N2O3/c27-22(25-18-9-5-2-6-10-18)19(13-15-7-3-1-4-8-15)26-23(28)20-16-11-12-17(14-16)21(20)24(26)29/h1,3-4,7-8,11-12,16-21H,2,5-6,9-10,13-14H2,(H,25,27)/t16-,17+,19-,20-,21+/m1/s1. The quantitative estimate of drug-likeness (QED) is 0.619. The highest BCUT2D eigenvalue weighted by molar-refractivity contribution is 6.09. The molecule has 5 nitrogen and oxygen atoms in total. The van der Waals surface area contributed by atoms with Crippen LogP contribution < -0.4 is 5.32 Å². The fraction of sp³-hybridized carbons (Fsp3) is 0.542. The van der Waals surface area contributed by atoms with Crippen LogP contribution in [-0.2, 0) is 20.8 Å². The number of hydrogen-bond donors (Lipinski definition) is 1. The maximum atomic E-state index is 13.3. The van der Waals surface area contributed by atoms with E-state index in [1.807, 2.05) is 30.3 Å². The summed E-state index contributed by atoms with van der Waals surface area (Å²) in [5, 5.41) is 3.16. The lowest BCUT2D eigenvalue weighted by Crippen LogP contribution is -2.53. The van der Waals surface area contributed by atoms with Crippen molar-refractivity contribution in [1.29, 1.82) is 0 Å². The number of fused-ring (bicyclic) bond motifs is 5. The van der Waals surface area contributed by atoms with Crippen LogP contribution in [0.3, 0.4) is 0 Å². The molecule has 1 aromatic rings. The first-order chi connectivity index (χ1) is 14.1. The molecule has 5 rings (SSSR count). The SMILES string of the molecule is O=C(NC1CCCCC1)[C@@H](Cc1ccccc1)N1C(=O)[C@@H]2[C@H](C1=O)[C@@H]1C=C[C@H]2C1. The van der Waals surface area contributed by atoms with E-state index < -0.39 is 6.04 Å². The van der Waals surface area contributed by atoms with Crippen LogP contribution in [0.25, 0.3) is 0 Å². The van der Waals surface area contributed by atoms with Gasteiger partial charge in [0.15, 0.2) is 0 Å². The van der Waals surface area contributed by atoms with Crippen molar-refractivity contribution < 1.29 is 14.4 Å². The highest BCUT2D eigenvalue weighted by atomic mass is 16.2. The van der Waals surface area contributed by atoms with Crippen molar-refractivity contribution in [1.82, 2.24) is 10.2 Å². The summed E-state index contributed by atoms with van der Waals surface area (Å²) < 4.78 is 0. The van der Waals surface area contributed by atoms with Crippen LogP contribution in [0.4, 0.5) is 0 Å². The number of hydrogen-bond acceptors (Lipinski definition) is 3. The molecule has 2 bridgehead atoms. The molecule has 2 saturated carbocycles. The summed E-state index contributed by atoms with van der Waals surface area (Å²) in [5.41, 5.74) is 0.968. The third-order valence-corrected chi connectivity index (χ3v) is 7.34. The Bertz CT molecular complexity index is 813. The van der Waals surface area contributed by atoms with E-state index in [2.05, 4.69) is 17.5 Å². The van der Waals surface area contributed by atoms with Gasteiger partial charge in [0.25, 0.3) is 0 Å². The van der Waals surface area contributed by atoms with Gasteiger partial charge in [0.1, 0.15) is 6.04 Å². The highest BCUT2D eigenvalue weighted by Gasteiger charge is 2.61. The number of benzene rings is 1. The summed E-state index contributed by atoms with van der Waals surface area (Å²) >= 11 is 0. The topological polar surface area (TPSA) is 66.5 Å². The zero-order valence-electron chi connectivity index (χ0n) is 16.6. The van der Waals surface area contributed by atoms with Gasteiger partial charge in [-0.25, -0.2) is 0 Å². The predicted molar refractivity (Wildman–Crippen MR) is 109 cm³/mol. The zero-order chi connectivity index (χ0) is 20.0. The molecule has 3 fully saturated rings. The zero-order valence-corrected chi connectivity index (χ0v) is 16.6. The number of nitrogens with zero attached hydrogens (tertiary/aromatic N) is 1. The minimum Gasteiger partial charge on any atom is -0.352 e. The molecular weight excluding hydrogens is 364 g/mol. The number of rotatable bonds is 5. The van der Waals surface area contributed by atoms with Gasteiger partial charge in [0.2, 0.25) is 17.7 Å². The number of likely N-dealkylation sites (tertiary alicyclic amines) is 1. The molecule has 0 radical (unpaired) electrons. The van der Waals surface area contributed by atoms with Crippen LogP contribution in [0, 0.1) is 23.7 Å². The maximum Gasteiger partial charge on any atom is 0.243 e. The number of imide groups is 1. The second-order valence-corrected chi connectivity index (χ2v) is 9.10. The largest absolute Gasteiger partial charge is 0.352 e. The average Bonchev–Trinajstić information content (AvgIpc) is 3.42. The Labute approximate surface area is 171 Å². The first-order valence-electron chi connectivity index (χ1n) is 11.0. The minimum absolute atomic E-state index is 0.142. The van der Waals surface area contributed by atoms with Gasteiger partial charge in [0, 0.05) is 12.5 Å². The normalized spacial score (nSPS) is 31.9. The number of allylic oxidation sites excluding steroid dienone is 2. The van der Waals surface area contributed by atoms with Gasteiger partial charge in [-0.3, -0.25) is 19.3 Å². The molecule has 0 aromatic heterocycles. The van der Waals surface area contributed by atoms with Crippen molar-refractivity contribution in [2.45, 2.75) is 57.0 Å². The second kappa shape index (κ2) is 7.43. The van der Waals surface area contributed by atoms with Crippen molar-refractivity contribution in [2.24, 2.45) is 23.7 Å². The van der Waals surface area contributed by atoms with Crippen molar-refractivity contribution in [3.8, 4) is 0 Å². The number of nitrogens with one attached hydrogen (secondary N) is 1. The summed E-state index contributed by atoms with van der Waals surface area (Å²) in [6, 6.07) is 9.09. The number of carbonyl (C=O) groups is 3. The Kier molecular flexibility index (Phi) is 4.76. The smallest absolute Gasteiger partial charge is 0.243 e. The highest BCUT2D eigenvalue weighted by Crippen LogP contribution is 2.53. The van der Waals surface area contributed by atoms with Gasteiger partial charge >= 0.3 is 0 Å². The van der Waals surface area contributed by atoms with Gasteiger partial charge in [0.05, 0.1) is 11.8 Å². The fourth-order valence-corrected chi connectivity index (χ4v) is 5.92. The molecule has 0 spiro atoms. The van der Waals surface area contributed by atoms with Gasteiger partial charge in [-0.1, -0.05) is 61.7 Å². The lowest BCUT2D eigenvalue weighted by atomic mass is 9.85. The summed E-state index contributed by atoms with van der Waals surface area (Å²) in [6.07, 6.45) is 10.9. The van der Waals surface area contributed by atoms with Crippen LogP contribution in [0.15, 0.2) is 42.5 Å². The molecule has 1 aromatic carbocycles. The van der Waals surface area contributed by atoms with E-state index >= 15 is 0 Å². The number of amides is 3. The van der Waals surface area contributed by atoms with Crippen molar-refractivity contribution in [2.75, 3.05) is 0 Å². The van der Waals surface area contributed by atoms with E-state index in [4.69, 9.17) is 0 Å². The molecule has 1 aliphatic heterocycles. The Morgan fingerprint density at radius 3 is 2.21 bits per heavy atom. The fourth-order valence-electron chi connectivity index (χ4n) is 5.92. The first-order valence-corrected chi connectivity index (χ1v) is 11.0. The van der Waals surface area contributed by atoms with Crippen molar-refractivity contribution in [3.05, 3.63) is 48.0 Å². The summed E-state index contributed by atoms with van der Waals surface area (Å²) in [7, 11) is 0. The minimum atomic E-state index is -0.760. The van der Waals surface area contributed by atoms with E-state index in [0.717, 1.165) is 37.7 Å². The van der Waals surface area contributed by atoms with E-state index in [1.165, 1.54) is 11.3 Å². The van der Waals surface area contributed by atoms with Crippen molar-refractivity contribution >= 4 is 17.7 Å². The van der Waals surface area contributed by atoms with Gasteiger partial charge in [-0.15, -0.1) is 0 Å². The van der Waals surface area contributed by atoms with E-state index in [9.17, 15) is 14.4 Å². The number of carbonyl (C=O) groups excluding carboxylic acids is 3. The molecule has 5 heteroatoms. The predicted octanol–water partition coefficient (Wildman–Crippen LogP) is 2.85.